The zero-order valence-corrected chi connectivity index (χ0v) is 11.2. The molecule has 1 fully saturated rings. The van der Waals surface area contributed by atoms with Crippen molar-refractivity contribution in [1.29, 1.82) is 0 Å². The van der Waals surface area contributed by atoms with Gasteiger partial charge in [-0.25, -0.2) is 0 Å². The molecule has 18 heavy (non-hydrogen) atoms. The first-order valence-electron chi connectivity index (χ1n) is 6.67. The van der Waals surface area contributed by atoms with Gasteiger partial charge in [-0.3, -0.25) is 4.98 Å². The van der Waals surface area contributed by atoms with Crippen LogP contribution in [0.2, 0.25) is 0 Å². The Labute approximate surface area is 109 Å². The number of nitrogens with zero attached hydrogens (tertiary/aromatic N) is 1. The van der Waals surface area contributed by atoms with Gasteiger partial charge in [-0.2, -0.15) is 0 Å². The molecule has 1 aromatic heterocycles. The molecular formula is C14H22N2O2. The van der Waals surface area contributed by atoms with E-state index in [0.717, 1.165) is 18.7 Å². The molecule has 0 aliphatic carbocycles. The first kappa shape index (κ1) is 13.3. The Morgan fingerprint density at radius 2 is 2.33 bits per heavy atom. The predicted molar refractivity (Wildman–Crippen MR) is 72.0 cm³/mol. The van der Waals surface area contributed by atoms with Gasteiger partial charge in [-0.15, -0.1) is 0 Å². The van der Waals surface area contributed by atoms with E-state index in [2.05, 4.69) is 30.2 Å². The molecule has 0 spiro atoms. The van der Waals surface area contributed by atoms with Crippen LogP contribution in [0.15, 0.2) is 18.5 Å². The number of aromatic nitrogens is 1. The van der Waals surface area contributed by atoms with E-state index in [1.54, 1.807) is 0 Å². The molecule has 100 valence electrons. The fourth-order valence-electron chi connectivity index (χ4n) is 1.95. The van der Waals surface area contributed by atoms with Gasteiger partial charge >= 0.3 is 0 Å². The third-order valence-electron chi connectivity index (χ3n) is 3.36. The molecule has 2 heterocycles. The lowest BCUT2D eigenvalue weighted by molar-refractivity contribution is -0.0818. The molecule has 0 radical (unpaired) electrons. The molecule has 4 nitrogen and oxygen atoms in total. The fraction of sp³-hybridized carbons (Fsp3) is 0.643. The summed E-state index contributed by atoms with van der Waals surface area (Å²) in [5, 5.41) is 3.37. The van der Waals surface area contributed by atoms with E-state index in [-0.39, 0.29) is 6.10 Å². The molecular weight excluding hydrogens is 228 g/mol. The zero-order valence-electron chi connectivity index (χ0n) is 11.2. The van der Waals surface area contributed by atoms with Crippen molar-refractivity contribution in [3.63, 3.8) is 0 Å². The SMILES string of the molecule is CCC(C)c1cncc(NCC2COCCO2)c1. The summed E-state index contributed by atoms with van der Waals surface area (Å²) in [5.74, 6) is 0.550. The van der Waals surface area contributed by atoms with E-state index in [9.17, 15) is 0 Å². The first-order valence-corrected chi connectivity index (χ1v) is 6.67. The molecule has 0 saturated carbocycles. The van der Waals surface area contributed by atoms with Gasteiger partial charge in [0.15, 0.2) is 0 Å². The van der Waals surface area contributed by atoms with Gasteiger partial charge in [0.05, 0.1) is 31.6 Å². The smallest absolute Gasteiger partial charge is 0.0981 e. The molecule has 1 aromatic rings. The summed E-state index contributed by atoms with van der Waals surface area (Å²) in [7, 11) is 0. The van der Waals surface area contributed by atoms with Crippen molar-refractivity contribution < 1.29 is 9.47 Å². The van der Waals surface area contributed by atoms with Crippen molar-refractivity contribution >= 4 is 5.69 Å². The average molecular weight is 250 g/mol. The zero-order chi connectivity index (χ0) is 12.8. The van der Waals surface area contributed by atoms with Crippen LogP contribution in [0.3, 0.4) is 0 Å². The summed E-state index contributed by atoms with van der Waals surface area (Å²) >= 11 is 0. The molecule has 1 aliphatic heterocycles. The summed E-state index contributed by atoms with van der Waals surface area (Å²) in [5.41, 5.74) is 2.34. The van der Waals surface area contributed by atoms with Gasteiger partial charge in [-0.05, 0) is 24.0 Å². The van der Waals surface area contributed by atoms with Crippen molar-refractivity contribution in [2.24, 2.45) is 0 Å². The third-order valence-corrected chi connectivity index (χ3v) is 3.36. The summed E-state index contributed by atoms with van der Waals surface area (Å²) in [6.07, 6.45) is 5.07. The first-order chi connectivity index (χ1) is 8.79. The average Bonchev–Trinajstić information content (AvgIpc) is 2.45. The van der Waals surface area contributed by atoms with E-state index in [1.807, 2.05) is 12.4 Å². The number of anilines is 1. The maximum atomic E-state index is 5.59. The van der Waals surface area contributed by atoms with E-state index in [0.29, 0.717) is 25.7 Å². The van der Waals surface area contributed by atoms with Crippen LogP contribution < -0.4 is 5.32 Å². The number of ether oxygens (including phenoxy) is 2. The highest BCUT2D eigenvalue weighted by Crippen LogP contribution is 2.20. The van der Waals surface area contributed by atoms with E-state index in [4.69, 9.17) is 9.47 Å². The quantitative estimate of drug-likeness (QED) is 0.871. The Morgan fingerprint density at radius 3 is 3.06 bits per heavy atom. The molecule has 1 aliphatic rings. The van der Waals surface area contributed by atoms with Gasteiger partial charge in [0, 0.05) is 18.9 Å². The third kappa shape index (κ3) is 3.68. The van der Waals surface area contributed by atoms with Crippen molar-refractivity contribution in [2.45, 2.75) is 32.3 Å². The maximum Gasteiger partial charge on any atom is 0.0981 e. The number of hydrogen-bond acceptors (Lipinski definition) is 4. The van der Waals surface area contributed by atoms with Crippen LogP contribution in [-0.4, -0.2) is 37.5 Å². The number of nitrogens with one attached hydrogen (secondary N) is 1. The normalized spacial score (nSPS) is 21.6. The maximum absolute atomic E-state index is 5.59. The minimum absolute atomic E-state index is 0.144. The number of rotatable bonds is 5. The lowest BCUT2D eigenvalue weighted by Crippen LogP contribution is -2.34. The lowest BCUT2D eigenvalue weighted by atomic mass is 10.0. The minimum Gasteiger partial charge on any atom is -0.381 e. The second kappa shape index (κ2) is 6.71. The fourth-order valence-corrected chi connectivity index (χ4v) is 1.95. The summed E-state index contributed by atoms with van der Waals surface area (Å²) < 4.78 is 11.0. The van der Waals surface area contributed by atoms with E-state index < -0.39 is 0 Å². The summed E-state index contributed by atoms with van der Waals surface area (Å²) in [6, 6.07) is 2.17. The van der Waals surface area contributed by atoms with Crippen molar-refractivity contribution in [3.8, 4) is 0 Å². The number of hydrogen-bond donors (Lipinski definition) is 1. The largest absolute Gasteiger partial charge is 0.381 e. The molecule has 2 unspecified atom stereocenters. The topological polar surface area (TPSA) is 43.4 Å². The highest BCUT2D eigenvalue weighted by molar-refractivity contribution is 5.43. The van der Waals surface area contributed by atoms with Gasteiger partial charge in [0.1, 0.15) is 0 Å². The van der Waals surface area contributed by atoms with Crippen molar-refractivity contribution in [1.82, 2.24) is 4.98 Å². The predicted octanol–water partition coefficient (Wildman–Crippen LogP) is 2.42. The molecule has 0 amide bonds. The van der Waals surface area contributed by atoms with Crippen LogP contribution in [0.1, 0.15) is 31.7 Å². The minimum atomic E-state index is 0.144. The standard InChI is InChI=1S/C14H22N2O2/c1-3-11(2)12-6-13(8-15-7-12)16-9-14-10-17-4-5-18-14/h6-8,11,14,16H,3-5,9-10H2,1-2H3. The second-order valence-corrected chi connectivity index (χ2v) is 4.76. The molecule has 1 N–H and O–H groups in total. The molecule has 4 heteroatoms. The van der Waals surface area contributed by atoms with Crippen LogP contribution in [0.25, 0.3) is 0 Å². The van der Waals surface area contributed by atoms with E-state index in [1.165, 1.54) is 5.56 Å². The number of pyridine rings is 1. The molecule has 2 atom stereocenters. The molecule has 0 bridgehead atoms. The van der Waals surface area contributed by atoms with Crippen LogP contribution in [0.4, 0.5) is 5.69 Å². The van der Waals surface area contributed by atoms with Gasteiger partial charge in [-0.1, -0.05) is 13.8 Å². The van der Waals surface area contributed by atoms with Crippen molar-refractivity contribution in [2.75, 3.05) is 31.7 Å². The van der Waals surface area contributed by atoms with Crippen molar-refractivity contribution in [3.05, 3.63) is 24.0 Å². The van der Waals surface area contributed by atoms with Gasteiger partial charge in [0.2, 0.25) is 0 Å². The van der Waals surface area contributed by atoms with Gasteiger partial charge < -0.3 is 14.8 Å². The molecule has 1 saturated heterocycles. The Hall–Kier alpha value is -1.13. The Morgan fingerprint density at radius 1 is 1.44 bits per heavy atom. The highest BCUT2D eigenvalue weighted by Gasteiger charge is 2.14. The Bertz CT molecular complexity index is 365. The Balaban J connectivity index is 1.88. The van der Waals surface area contributed by atoms with Crippen LogP contribution in [0.5, 0.6) is 0 Å². The monoisotopic (exact) mass is 250 g/mol. The molecule has 0 aromatic carbocycles. The van der Waals surface area contributed by atoms with Gasteiger partial charge in [0.25, 0.3) is 0 Å². The second-order valence-electron chi connectivity index (χ2n) is 4.76. The lowest BCUT2D eigenvalue weighted by Gasteiger charge is -2.23. The summed E-state index contributed by atoms with van der Waals surface area (Å²) in [4.78, 5) is 4.28. The van der Waals surface area contributed by atoms with E-state index >= 15 is 0 Å². The van der Waals surface area contributed by atoms with Crippen LogP contribution in [-0.2, 0) is 9.47 Å². The molecule has 2 rings (SSSR count). The summed E-state index contributed by atoms with van der Waals surface area (Å²) in [6.45, 7) is 7.26. The van der Waals surface area contributed by atoms with Crippen LogP contribution in [0, 0.1) is 0 Å². The highest BCUT2D eigenvalue weighted by atomic mass is 16.6. The Kier molecular flexibility index (Phi) is 4.96. The van der Waals surface area contributed by atoms with Crippen LogP contribution >= 0.6 is 0 Å².